The monoisotopic (exact) mass is 425 g/mol. The van der Waals surface area contributed by atoms with Gasteiger partial charge in [0.2, 0.25) is 11.8 Å². The first-order chi connectivity index (χ1) is 15.0. The average Bonchev–Trinajstić information content (AvgIpc) is 3.22. The van der Waals surface area contributed by atoms with Crippen LogP contribution in [0.4, 0.5) is 15.9 Å². The number of imidazole rings is 1. The van der Waals surface area contributed by atoms with Gasteiger partial charge in [-0.2, -0.15) is 0 Å². The standard InChI is InChI=1S/C20H20FN7O3/c1-31-14-4-2-3-11(16(14)21)26-20(30)13-6-10-5-12(10)28(13)15(29)7-27-9-25-17-18(22)23-8-24-19(17)27/h2-4,8-10,12-13H,5-7H2,1H3,(H,26,30)(H2,22,23,24)/t10-,12?,13+/m1/s1. The van der Waals surface area contributed by atoms with E-state index in [2.05, 4.69) is 20.3 Å². The summed E-state index contributed by atoms with van der Waals surface area (Å²) in [6.07, 6.45) is 4.21. The lowest BCUT2D eigenvalue weighted by Gasteiger charge is -2.27. The number of amides is 2. The number of carbonyl (C=O) groups excluding carboxylic acids is 2. The van der Waals surface area contributed by atoms with Gasteiger partial charge in [0.25, 0.3) is 0 Å². The normalized spacial score (nSPS) is 21.7. The number of piperidine rings is 1. The van der Waals surface area contributed by atoms with E-state index < -0.39 is 17.8 Å². The number of nitrogen functional groups attached to an aromatic ring is 1. The molecule has 0 bridgehead atoms. The molecule has 1 aromatic carbocycles. The second-order valence-corrected chi connectivity index (χ2v) is 7.73. The van der Waals surface area contributed by atoms with Crippen LogP contribution in [0.2, 0.25) is 0 Å². The molecule has 1 aliphatic carbocycles. The quantitative estimate of drug-likeness (QED) is 0.628. The highest BCUT2D eigenvalue weighted by Crippen LogP contribution is 2.48. The van der Waals surface area contributed by atoms with Gasteiger partial charge in [-0.25, -0.2) is 19.3 Å². The molecule has 2 aliphatic rings. The zero-order valence-corrected chi connectivity index (χ0v) is 16.7. The second kappa shape index (κ2) is 7.18. The van der Waals surface area contributed by atoms with Crippen molar-refractivity contribution in [3.63, 3.8) is 0 Å². The highest BCUT2D eigenvalue weighted by atomic mass is 19.1. The predicted octanol–water partition coefficient (Wildman–Crippen LogP) is 1.18. The largest absolute Gasteiger partial charge is 0.494 e. The van der Waals surface area contributed by atoms with Gasteiger partial charge >= 0.3 is 0 Å². The summed E-state index contributed by atoms with van der Waals surface area (Å²) in [6.45, 7) is -0.0343. The highest BCUT2D eigenvalue weighted by molar-refractivity contribution is 5.98. The predicted molar refractivity (Wildman–Crippen MR) is 108 cm³/mol. The molecule has 5 rings (SSSR count). The fourth-order valence-electron chi connectivity index (χ4n) is 4.27. The van der Waals surface area contributed by atoms with E-state index in [1.165, 1.54) is 31.9 Å². The molecule has 1 saturated heterocycles. The number of carbonyl (C=O) groups is 2. The van der Waals surface area contributed by atoms with Crippen LogP contribution in [-0.4, -0.2) is 55.4 Å². The molecule has 2 amide bonds. The lowest BCUT2D eigenvalue weighted by Crippen LogP contribution is -2.46. The summed E-state index contributed by atoms with van der Waals surface area (Å²) in [5.74, 6) is -0.748. The van der Waals surface area contributed by atoms with Crippen molar-refractivity contribution in [1.29, 1.82) is 0 Å². The van der Waals surface area contributed by atoms with Gasteiger partial charge in [-0.05, 0) is 30.9 Å². The van der Waals surface area contributed by atoms with E-state index >= 15 is 0 Å². The van der Waals surface area contributed by atoms with Crippen molar-refractivity contribution in [3.8, 4) is 5.75 Å². The molecule has 3 aromatic rings. The maximum absolute atomic E-state index is 14.4. The van der Waals surface area contributed by atoms with Crippen LogP contribution >= 0.6 is 0 Å². The van der Waals surface area contributed by atoms with Gasteiger partial charge in [0, 0.05) is 6.04 Å². The molecule has 2 fully saturated rings. The van der Waals surface area contributed by atoms with Crippen LogP contribution in [0.5, 0.6) is 5.75 Å². The number of ether oxygens (including phenoxy) is 1. The van der Waals surface area contributed by atoms with Crippen molar-refractivity contribution < 1.29 is 18.7 Å². The first-order valence-corrected chi connectivity index (χ1v) is 9.83. The molecule has 1 aliphatic heterocycles. The SMILES string of the molecule is COc1cccc(NC(=O)[C@@H]2C[C@H]3CC3N2C(=O)Cn2cnc3c(N)ncnc32)c1F. The van der Waals surface area contributed by atoms with E-state index in [0.717, 1.165) is 6.42 Å². The Labute approximate surface area is 176 Å². The van der Waals surface area contributed by atoms with E-state index in [4.69, 9.17) is 10.5 Å². The van der Waals surface area contributed by atoms with Gasteiger partial charge in [0.05, 0.1) is 19.1 Å². The minimum Gasteiger partial charge on any atom is -0.494 e. The van der Waals surface area contributed by atoms with Crippen molar-refractivity contribution in [2.24, 2.45) is 5.92 Å². The fourth-order valence-corrected chi connectivity index (χ4v) is 4.27. The van der Waals surface area contributed by atoms with Crippen LogP contribution in [0.15, 0.2) is 30.9 Å². The van der Waals surface area contributed by atoms with Crippen LogP contribution in [0.1, 0.15) is 12.8 Å². The Morgan fingerprint density at radius 1 is 1.29 bits per heavy atom. The molecule has 2 aromatic heterocycles. The van der Waals surface area contributed by atoms with Crippen molar-refractivity contribution in [2.45, 2.75) is 31.5 Å². The van der Waals surface area contributed by atoms with Gasteiger partial charge < -0.3 is 25.3 Å². The summed E-state index contributed by atoms with van der Waals surface area (Å²) in [7, 11) is 1.35. The molecule has 3 heterocycles. The summed E-state index contributed by atoms with van der Waals surface area (Å²) < 4.78 is 21.0. The Morgan fingerprint density at radius 2 is 2.13 bits per heavy atom. The zero-order chi connectivity index (χ0) is 21.7. The maximum atomic E-state index is 14.4. The minimum atomic E-state index is -0.670. The molecule has 31 heavy (non-hydrogen) atoms. The zero-order valence-electron chi connectivity index (χ0n) is 16.7. The number of hydrogen-bond donors (Lipinski definition) is 2. The van der Waals surface area contributed by atoms with E-state index in [1.807, 2.05) is 0 Å². The molecule has 0 spiro atoms. The second-order valence-electron chi connectivity index (χ2n) is 7.73. The number of fused-ring (bicyclic) bond motifs is 2. The van der Waals surface area contributed by atoms with Gasteiger partial charge in [-0.1, -0.05) is 6.07 Å². The number of methoxy groups -OCH3 is 1. The summed E-state index contributed by atoms with van der Waals surface area (Å²) >= 11 is 0. The summed E-state index contributed by atoms with van der Waals surface area (Å²) in [5, 5.41) is 2.60. The third kappa shape index (κ3) is 3.22. The molecule has 3 atom stereocenters. The topological polar surface area (TPSA) is 128 Å². The summed E-state index contributed by atoms with van der Waals surface area (Å²) in [6, 6.07) is 3.87. The first-order valence-electron chi connectivity index (χ1n) is 9.83. The van der Waals surface area contributed by atoms with Crippen LogP contribution < -0.4 is 15.8 Å². The van der Waals surface area contributed by atoms with E-state index in [1.54, 1.807) is 15.5 Å². The van der Waals surface area contributed by atoms with Crippen molar-refractivity contribution in [2.75, 3.05) is 18.2 Å². The number of halogens is 1. The molecular weight excluding hydrogens is 405 g/mol. The van der Waals surface area contributed by atoms with Gasteiger partial charge in [-0.15, -0.1) is 0 Å². The smallest absolute Gasteiger partial charge is 0.247 e. The molecular formula is C20H20FN7O3. The van der Waals surface area contributed by atoms with Crippen molar-refractivity contribution in [1.82, 2.24) is 24.4 Å². The van der Waals surface area contributed by atoms with E-state index in [0.29, 0.717) is 17.6 Å². The number of nitrogens with one attached hydrogen (secondary N) is 1. The molecule has 3 N–H and O–H groups in total. The number of rotatable bonds is 5. The molecule has 0 radical (unpaired) electrons. The number of hydrogen-bond acceptors (Lipinski definition) is 7. The maximum Gasteiger partial charge on any atom is 0.247 e. The Kier molecular flexibility index (Phi) is 4.45. The minimum absolute atomic E-state index is 0.0186. The summed E-state index contributed by atoms with van der Waals surface area (Å²) in [4.78, 5) is 39.9. The fraction of sp³-hybridized carbons (Fsp3) is 0.350. The number of benzene rings is 1. The number of nitrogens with two attached hydrogens (primary N) is 1. The molecule has 1 unspecified atom stereocenters. The lowest BCUT2D eigenvalue weighted by atomic mass is 10.1. The third-order valence-corrected chi connectivity index (χ3v) is 5.87. The number of anilines is 2. The van der Waals surface area contributed by atoms with Crippen LogP contribution in [0.3, 0.4) is 0 Å². The van der Waals surface area contributed by atoms with Gasteiger partial charge in [-0.3, -0.25) is 9.59 Å². The third-order valence-electron chi connectivity index (χ3n) is 5.87. The first kappa shape index (κ1) is 19.2. The highest BCUT2D eigenvalue weighted by Gasteiger charge is 2.56. The van der Waals surface area contributed by atoms with E-state index in [-0.39, 0.29) is 41.7 Å². The number of nitrogens with zero attached hydrogens (tertiary/aromatic N) is 5. The van der Waals surface area contributed by atoms with Crippen molar-refractivity contribution >= 4 is 34.5 Å². The Morgan fingerprint density at radius 3 is 2.94 bits per heavy atom. The van der Waals surface area contributed by atoms with Crippen molar-refractivity contribution in [3.05, 3.63) is 36.7 Å². The summed E-state index contributed by atoms with van der Waals surface area (Å²) in [5.41, 5.74) is 6.69. The number of aromatic nitrogens is 4. The average molecular weight is 425 g/mol. The van der Waals surface area contributed by atoms with Gasteiger partial charge in [0.1, 0.15) is 24.4 Å². The van der Waals surface area contributed by atoms with Crippen LogP contribution in [0, 0.1) is 11.7 Å². The Hall–Kier alpha value is -3.76. The van der Waals surface area contributed by atoms with E-state index in [9.17, 15) is 14.0 Å². The Balaban J connectivity index is 1.35. The molecule has 1 saturated carbocycles. The lowest BCUT2D eigenvalue weighted by molar-refractivity contribution is -0.138. The molecule has 10 nitrogen and oxygen atoms in total. The van der Waals surface area contributed by atoms with Crippen LogP contribution in [0.25, 0.3) is 11.2 Å². The molecule has 11 heteroatoms. The van der Waals surface area contributed by atoms with Gasteiger partial charge in [0.15, 0.2) is 23.0 Å². The Bertz CT molecular complexity index is 1200. The number of likely N-dealkylation sites (tertiary alicyclic amines) is 1. The molecule has 160 valence electrons. The van der Waals surface area contributed by atoms with Crippen LogP contribution in [-0.2, 0) is 16.1 Å².